The van der Waals surface area contributed by atoms with E-state index < -0.39 is 22.1 Å². The number of ketones is 1. The zero-order valence-corrected chi connectivity index (χ0v) is 13.1. The van der Waals surface area contributed by atoms with Crippen molar-refractivity contribution in [3.63, 3.8) is 0 Å². The quantitative estimate of drug-likeness (QED) is 0.828. The monoisotopic (exact) mass is 359 g/mol. The van der Waals surface area contributed by atoms with Crippen molar-refractivity contribution >= 4 is 21.5 Å². The Hall–Kier alpha value is -2.55. The number of sulfonamides is 1. The molecule has 0 fully saturated rings. The molecule has 0 spiro atoms. The first-order valence-electron chi connectivity index (χ1n) is 6.56. The van der Waals surface area contributed by atoms with Gasteiger partial charge in [0.2, 0.25) is 0 Å². The molecule has 0 aliphatic rings. The number of halogens is 3. The van der Waals surface area contributed by atoms with Crippen molar-refractivity contribution in [2.45, 2.75) is 18.2 Å². The van der Waals surface area contributed by atoms with Crippen molar-refractivity contribution < 1.29 is 31.1 Å². The van der Waals surface area contributed by atoms with E-state index in [1.165, 1.54) is 43.3 Å². The third-order valence-electron chi connectivity index (χ3n) is 2.87. The van der Waals surface area contributed by atoms with Crippen LogP contribution >= 0.6 is 0 Å². The first kappa shape index (κ1) is 17.8. The van der Waals surface area contributed by atoms with Gasteiger partial charge in [0.25, 0.3) is 10.0 Å². The molecular weight excluding hydrogens is 347 g/mol. The number of anilines is 1. The van der Waals surface area contributed by atoms with Crippen LogP contribution in [0, 0.1) is 0 Å². The van der Waals surface area contributed by atoms with Crippen molar-refractivity contribution in [3.8, 4) is 5.75 Å². The topological polar surface area (TPSA) is 72.5 Å². The number of carbonyl (C=O) groups excluding carboxylic acids is 1. The van der Waals surface area contributed by atoms with Crippen molar-refractivity contribution in [3.05, 3.63) is 54.1 Å². The maximum atomic E-state index is 12.3. The summed E-state index contributed by atoms with van der Waals surface area (Å²) in [6, 6.07) is 9.74. The first-order valence-corrected chi connectivity index (χ1v) is 8.05. The van der Waals surface area contributed by atoms with Crippen LogP contribution in [0.1, 0.15) is 17.3 Å². The highest BCUT2D eigenvalue weighted by Crippen LogP contribution is 2.26. The number of ether oxygens (including phenoxy) is 1. The van der Waals surface area contributed by atoms with E-state index in [-0.39, 0.29) is 21.9 Å². The second-order valence-electron chi connectivity index (χ2n) is 4.77. The van der Waals surface area contributed by atoms with Crippen LogP contribution in [0.3, 0.4) is 0 Å². The second kappa shape index (κ2) is 6.52. The van der Waals surface area contributed by atoms with Gasteiger partial charge in [-0.1, -0.05) is 18.2 Å². The molecule has 0 atom stereocenters. The summed E-state index contributed by atoms with van der Waals surface area (Å²) in [5.41, 5.74) is 0.0945. The average molecular weight is 359 g/mol. The van der Waals surface area contributed by atoms with E-state index in [2.05, 4.69) is 9.46 Å². The van der Waals surface area contributed by atoms with E-state index in [1.807, 2.05) is 0 Å². The molecule has 0 aliphatic heterocycles. The summed E-state index contributed by atoms with van der Waals surface area (Å²) in [6.45, 7) is 1.29. The molecule has 9 heteroatoms. The maximum absolute atomic E-state index is 12.3. The molecule has 0 amide bonds. The van der Waals surface area contributed by atoms with Crippen LogP contribution < -0.4 is 9.46 Å². The highest BCUT2D eigenvalue weighted by Gasteiger charge is 2.31. The fraction of sp³-hybridized carbons (Fsp3) is 0.133. The molecule has 0 bridgehead atoms. The van der Waals surface area contributed by atoms with Gasteiger partial charge in [0.1, 0.15) is 5.75 Å². The minimum atomic E-state index is -4.88. The molecule has 2 aromatic carbocycles. The van der Waals surface area contributed by atoms with Gasteiger partial charge in [-0.2, -0.15) is 0 Å². The maximum Gasteiger partial charge on any atom is 0.573 e. The zero-order valence-electron chi connectivity index (χ0n) is 12.3. The summed E-state index contributed by atoms with van der Waals surface area (Å²) in [6.07, 6.45) is -4.88. The predicted octanol–water partition coefficient (Wildman–Crippen LogP) is 3.59. The third kappa shape index (κ3) is 4.72. The molecule has 0 aliphatic carbocycles. The molecule has 0 radical (unpaired) electrons. The summed E-state index contributed by atoms with van der Waals surface area (Å²) in [4.78, 5) is 11.1. The van der Waals surface area contributed by atoms with Crippen molar-refractivity contribution in [1.82, 2.24) is 0 Å². The number of Topliss-reactive ketones (excluding diaryl/α,β-unsaturated/α-hetero) is 1. The van der Waals surface area contributed by atoms with E-state index in [9.17, 15) is 26.4 Å². The smallest absolute Gasteiger partial charge is 0.406 e. The fourth-order valence-corrected chi connectivity index (χ4v) is 2.95. The lowest BCUT2D eigenvalue weighted by Crippen LogP contribution is -2.17. The lowest BCUT2D eigenvalue weighted by Gasteiger charge is -2.12. The lowest BCUT2D eigenvalue weighted by molar-refractivity contribution is -0.274. The van der Waals surface area contributed by atoms with E-state index >= 15 is 0 Å². The molecule has 0 aromatic heterocycles. The minimum absolute atomic E-state index is 0.107. The first-order chi connectivity index (χ1) is 11.1. The summed E-state index contributed by atoms with van der Waals surface area (Å²) in [5, 5.41) is 0. The Morgan fingerprint density at radius 3 is 2.38 bits per heavy atom. The van der Waals surface area contributed by atoms with Crippen LogP contribution in [0.5, 0.6) is 5.75 Å². The normalized spacial score (nSPS) is 11.8. The number of benzene rings is 2. The van der Waals surface area contributed by atoms with Gasteiger partial charge in [-0.05, 0) is 31.2 Å². The van der Waals surface area contributed by atoms with Crippen molar-refractivity contribution in [2.75, 3.05) is 4.72 Å². The number of hydrogen-bond acceptors (Lipinski definition) is 4. The standard InChI is InChI=1S/C15H12F3NO4S/c1-10(20)11-4-2-7-14(8-11)24(21,22)19-12-5-3-6-13(9-12)23-15(16,17)18/h2-9,19H,1H3. The highest BCUT2D eigenvalue weighted by atomic mass is 32.2. The number of hydrogen-bond donors (Lipinski definition) is 1. The Kier molecular flexibility index (Phi) is 4.83. The molecule has 0 unspecified atom stereocenters. The molecule has 0 heterocycles. The second-order valence-corrected chi connectivity index (χ2v) is 6.45. The highest BCUT2D eigenvalue weighted by molar-refractivity contribution is 7.92. The fourth-order valence-electron chi connectivity index (χ4n) is 1.85. The third-order valence-corrected chi connectivity index (χ3v) is 4.25. The average Bonchev–Trinajstić information content (AvgIpc) is 2.45. The molecule has 2 aromatic rings. The van der Waals surface area contributed by atoms with Crippen LogP contribution in [0.4, 0.5) is 18.9 Å². The molecular formula is C15H12F3NO4S. The predicted molar refractivity (Wildman–Crippen MR) is 80.4 cm³/mol. The van der Waals surface area contributed by atoms with Crippen LogP contribution in [-0.4, -0.2) is 20.6 Å². The Balaban J connectivity index is 2.28. The largest absolute Gasteiger partial charge is 0.573 e. The SMILES string of the molecule is CC(=O)c1cccc(S(=O)(=O)Nc2cccc(OC(F)(F)F)c2)c1. The molecule has 0 saturated heterocycles. The number of alkyl halides is 3. The van der Waals surface area contributed by atoms with Crippen LogP contribution in [0.25, 0.3) is 0 Å². The molecule has 0 saturated carbocycles. The number of carbonyl (C=O) groups is 1. The van der Waals surface area contributed by atoms with Crippen LogP contribution in [-0.2, 0) is 10.0 Å². The van der Waals surface area contributed by atoms with Gasteiger partial charge in [0.15, 0.2) is 5.78 Å². The number of nitrogens with one attached hydrogen (secondary N) is 1. The van der Waals surface area contributed by atoms with Gasteiger partial charge in [-0.15, -0.1) is 13.2 Å². The van der Waals surface area contributed by atoms with Gasteiger partial charge < -0.3 is 4.74 Å². The van der Waals surface area contributed by atoms with E-state index in [4.69, 9.17) is 0 Å². The van der Waals surface area contributed by atoms with E-state index in [0.29, 0.717) is 0 Å². The van der Waals surface area contributed by atoms with Gasteiger partial charge in [0.05, 0.1) is 10.6 Å². The van der Waals surface area contributed by atoms with Gasteiger partial charge in [-0.25, -0.2) is 8.42 Å². The van der Waals surface area contributed by atoms with E-state index in [0.717, 1.165) is 12.1 Å². The molecule has 5 nitrogen and oxygen atoms in total. The van der Waals surface area contributed by atoms with E-state index in [1.54, 1.807) is 0 Å². The molecule has 128 valence electrons. The Bertz CT molecular complexity index is 863. The van der Waals surface area contributed by atoms with Gasteiger partial charge >= 0.3 is 6.36 Å². The van der Waals surface area contributed by atoms with Gasteiger partial charge in [0, 0.05) is 11.6 Å². The molecule has 2 rings (SSSR count). The summed E-state index contributed by atoms with van der Waals surface area (Å²) >= 11 is 0. The Morgan fingerprint density at radius 2 is 1.75 bits per heavy atom. The van der Waals surface area contributed by atoms with Crippen molar-refractivity contribution in [2.24, 2.45) is 0 Å². The summed E-state index contributed by atoms with van der Waals surface area (Å²) in [5.74, 6) is -0.868. The zero-order chi connectivity index (χ0) is 18.0. The number of rotatable bonds is 5. The van der Waals surface area contributed by atoms with Crippen molar-refractivity contribution in [1.29, 1.82) is 0 Å². The summed E-state index contributed by atoms with van der Waals surface area (Å²) in [7, 11) is -4.07. The Morgan fingerprint density at radius 1 is 1.08 bits per heavy atom. The van der Waals surface area contributed by atoms with Crippen LogP contribution in [0.15, 0.2) is 53.4 Å². The summed E-state index contributed by atoms with van der Waals surface area (Å²) < 4.78 is 67.1. The minimum Gasteiger partial charge on any atom is -0.406 e. The molecule has 1 N–H and O–H groups in total. The van der Waals surface area contributed by atoms with Gasteiger partial charge in [-0.3, -0.25) is 9.52 Å². The van der Waals surface area contributed by atoms with Crippen LogP contribution in [0.2, 0.25) is 0 Å². The Labute approximate surface area is 136 Å². The molecule has 24 heavy (non-hydrogen) atoms. The lowest BCUT2D eigenvalue weighted by atomic mass is 10.2.